The first-order valence-corrected chi connectivity index (χ1v) is 19.4. The summed E-state index contributed by atoms with van der Waals surface area (Å²) in [7, 11) is 0. The van der Waals surface area contributed by atoms with Gasteiger partial charge in [0, 0.05) is 63.6 Å². The second-order valence-corrected chi connectivity index (χ2v) is 14.6. The Morgan fingerprint density at radius 2 is 1.46 bits per heavy atom. The van der Waals surface area contributed by atoms with Gasteiger partial charge in [0.05, 0.1) is 16.6 Å². The van der Waals surface area contributed by atoms with Crippen LogP contribution >= 0.6 is 0 Å². The minimum atomic E-state index is 0.757. The molecule has 0 saturated carbocycles. The van der Waals surface area contributed by atoms with Crippen LogP contribution in [-0.4, -0.2) is 19.1 Å². The van der Waals surface area contributed by atoms with Gasteiger partial charge in [0.25, 0.3) is 0 Å². The summed E-state index contributed by atoms with van der Waals surface area (Å²) in [6, 6.07) is 37.7. The largest absolute Gasteiger partial charge is 0.309 e. The third-order valence-electron chi connectivity index (χ3n) is 11.2. The van der Waals surface area contributed by atoms with Crippen molar-refractivity contribution in [3.05, 3.63) is 205 Å². The molecule has 4 aromatic carbocycles. The average molecular weight is 721 g/mol. The Hall–Kier alpha value is -7.04. The van der Waals surface area contributed by atoms with Gasteiger partial charge in [-0.3, -0.25) is 9.97 Å². The first-order chi connectivity index (χ1) is 27.7. The van der Waals surface area contributed by atoms with Gasteiger partial charge >= 0.3 is 0 Å². The average Bonchev–Trinajstić information content (AvgIpc) is 3.99. The van der Waals surface area contributed by atoms with Crippen LogP contribution in [0.3, 0.4) is 0 Å². The highest BCUT2D eigenvalue weighted by atomic mass is 15.0. The topological polar surface area (TPSA) is 35.6 Å². The summed E-state index contributed by atoms with van der Waals surface area (Å²) >= 11 is 0. The van der Waals surface area contributed by atoms with Crippen molar-refractivity contribution in [2.24, 2.45) is 0 Å². The molecule has 268 valence electrons. The van der Waals surface area contributed by atoms with Crippen LogP contribution in [0.15, 0.2) is 183 Å². The fourth-order valence-electron chi connectivity index (χ4n) is 8.52. The van der Waals surface area contributed by atoms with E-state index in [-0.39, 0.29) is 0 Å². The van der Waals surface area contributed by atoms with E-state index in [0.717, 1.165) is 53.8 Å². The van der Waals surface area contributed by atoms with Crippen LogP contribution in [0, 0.1) is 0 Å². The third kappa shape index (κ3) is 5.96. The number of aryl methyl sites for hydroxylation is 1. The molecule has 0 amide bonds. The molecule has 0 aliphatic heterocycles. The van der Waals surface area contributed by atoms with Crippen molar-refractivity contribution in [3.63, 3.8) is 0 Å². The van der Waals surface area contributed by atoms with Gasteiger partial charge in [-0.15, -0.1) is 0 Å². The molecule has 8 aromatic rings. The van der Waals surface area contributed by atoms with Gasteiger partial charge in [0.15, 0.2) is 0 Å². The van der Waals surface area contributed by atoms with Crippen molar-refractivity contribution >= 4 is 50.1 Å². The summed E-state index contributed by atoms with van der Waals surface area (Å²) in [5.41, 5.74) is 16.8. The molecule has 4 heteroatoms. The first-order valence-electron chi connectivity index (χ1n) is 19.4. The van der Waals surface area contributed by atoms with E-state index in [0.29, 0.717) is 0 Å². The van der Waals surface area contributed by atoms with E-state index >= 15 is 0 Å². The number of hydrogen-bond donors (Lipinski definition) is 0. The molecule has 0 bridgehead atoms. The van der Waals surface area contributed by atoms with Crippen molar-refractivity contribution < 1.29 is 0 Å². The number of hydrogen-bond acceptors (Lipinski definition) is 2. The summed E-state index contributed by atoms with van der Waals surface area (Å²) in [5, 5.41) is 3.73. The monoisotopic (exact) mass is 720 g/mol. The lowest BCUT2D eigenvalue weighted by molar-refractivity contribution is 0.974. The molecule has 0 atom stereocenters. The number of fused-ring (bicyclic) bond motifs is 6. The quantitative estimate of drug-likeness (QED) is 0.139. The minimum absolute atomic E-state index is 0.757. The van der Waals surface area contributed by atoms with E-state index in [2.05, 4.69) is 177 Å². The predicted molar refractivity (Wildman–Crippen MR) is 236 cm³/mol. The van der Waals surface area contributed by atoms with Gasteiger partial charge < -0.3 is 9.13 Å². The summed E-state index contributed by atoms with van der Waals surface area (Å²) in [6.07, 6.45) is 31.3. The highest BCUT2D eigenvalue weighted by molar-refractivity contribution is 6.11. The summed E-state index contributed by atoms with van der Waals surface area (Å²) < 4.78 is 4.73. The molecule has 4 aromatic heterocycles. The Bertz CT molecular complexity index is 2960. The maximum atomic E-state index is 4.67. The molecule has 0 saturated heterocycles. The van der Waals surface area contributed by atoms with Crippen LogP contribution in [0.5, 0.6) is 0 Å². The van der Waals surface area contributed by atoms with E-state index in [4.69, 9.17) is 0 Å². The van der Waals surface area contributed by atoms with Crippen LogP contribution in [0.4, 0.5) is 0 Å². The van der Waals surface area contributed by atoms with Crippen LogP contribution < -0.4 is 0 Å². The summed E-state index contributed by atoms with van der Waals surface area (Å²) in [6.45, 7) is 4.03. The van der Waals surface area contributed by atoms with Crippen molar-refractivity contribution in [1.82, 2.24) is 19.1 Å². The molecule has 0 unspecified atom stereocenters. The van der Waals surface area contributed by atoms with Crippen LogP contribution in [-0.2, 0) is 12.8 Å². The van der Waals surface area contributed by atoms with Gasteiger partial charge in [-0.1, -0.05) is 97.6 Å². The molecule has 10 rings (SSSR count). The standard InChI is InChI=1S/C52H40N4/c1-2-11-43(55-49-19-9-8-18-45(49)48-35-53-29-28-52(48)55)17-10-12-36-30-42(34-54-33-36)39-20-24-44(25-21-39)56-50-26-22-40(37-13-4-3-5-14-37)31-46(50)47-32-41(23-27-51(47)56)38-15-6-7-16-38/h2-6,9-11,13-17,19-35H,1,7-8,12,18H2/b17-10-,43-11+. The third-order valence-corrected chi connectivity index (χ3v) is 11.2. The van der Waals surface area contributed by atoms with Gasteiger partial charge in [-0.05, 0) is 131 Å². The molecule has 2 aliphatic carbocycles. The maximum absolute atomic E-state index is 4.67. The van der Waals surface area contributed by atoms with Gasteiger partial charge in [0.1, 0.15) is 0 Å². The normalized spacial score (nSPS) is 14.0. The molecule has 2 aliphatic rings. The lowest BCUT2D eigenvalue weighted by Crippen LogP contribution is -2.01. The number of benzene rings is 4. The highest BCUT2D eigenvalue weighted by Gasteiger charge is 2.19. The number of aromatic nitrogens is 4. The lowest BCUT2D eigenvalue weighted by Gasteiger charge is -2.13. The number of rotatable bonds is 9. The second-order valence-electron chi connectivity index (χ2n) is 14.6. The number of pyridine rings is 2. The van der Waals surface area contributed by atoms with Crippen LogP contribution in [0.25, 0.3) is 78.0 Å². The minimum Gasteiger partial charge on any atom is -0.309 e. The Balaban J connectivity index is 0.960. The van der Waals surface area contributed by atoms with Gasteiger partial charge in [-0.2, -0.15) is 0 Å². The number of allylic oxidation sites excluding steroid dienone is 10. The predicted octanol–water partition coefficient (Wildman–Crippen LogP) is 13.0. The van der Waals surface area contributed by atoms with Crippen molar-refractivity contribution in [1.29, 1.82) is 0 Å². The summed E-state index contributed by atoms with van der Waals surface area (Å²) in [5.74, 6) is 0. The highest BCUT2D eigenvalue weighted by Crippen LogP contribution is 2.38. The van der Waals surface area contributed by atoms with Crippen molar-refractivity contribution in [3.8, 4) is 27.9 Å². The van der Waals surface area contributed by atoms with Crippen LogP contribution in [0.1, 0.15) is 35.2 Å². The lowest BCUT2D eigenvalue weighted by atomic mass is 10.0. The molecule has 4 heterocycles. The molecule has 0 spiro atoms. The van der Waals surface area contributed by atoms with Crippen molar-refractivity contribution in [2.45, 2.75) is 25.7 Å². The summed E-state index contributed by atoms with van der Waals surface area (Å²) in [4.78, 5) is 9.11. The molecule has 4 nitrogen and oxygen atoms in total. The zero-order valence-electron chi connectivity index (χ0n) is 31.1. The maximum Gasteiger partial charge on any atom is 0.0568 e. The first kappa shape index (κ1) is 33.5. The van der Waals surface area contributed by atoms with E-state index in [1.165, 1.54) is 66.2 Å². The fourth-order valence-corrected chi connectivity index (χ4v) is 8.52. The SMILES string of the molecule is C=C/C=C(\C=C/Cc1cncc(-c2ccc(-n3c4ccc(C5=CCC=C5)cc4c4cc(-c5ccccc5)ccc43)cc2)c1)n1c2c(c3cnccc31)CCC=C2. The molecular weight excluding hydrogens is 681 g/mol. The molecular formula is C52H40N4. The van der Waals surface area contributed by atoms with E-state index in [1.54, 1.807) is 0 Å². The molecule has 0 radical (unpaired) electrons. The molecule has 0 fully saturated rings. The van der Waals surface area contributed by atoms with Gasteiger partial charge in [0.2, 0.25) is 0 Å². The van der Waals surface area contributed by atoms with E-state index in [1.807, 2.05) is 30.9 Å². The second kappa shape index (κ2) is 14.3. The van der Waals surface area contributed by atoms with Crippen LogP contribution in [0.2, 0.25) is 0 Å². The Labute approximate surface area is 327 Å². The van der Waals surface area contributed by atoms with E-state index in [9.17, 15) is 0 Å². The molecule has 0 N–H and O–H groups in total. The zero-order valence-corrected chi connectivity index (χ0v) is 31.1. The van der Waals surface area contributed by atoms with E-state index < -0.39 is 0 Å². The number of nitrogens with zero attached hydrogens (tertiary/aromatic N) is 4. The molecule has 56 heavy (non-hydrogen) atoms. The fraction of sp³-hybridized carbons (Fsp3) is 0.0769. The van der Waals surface area contributed by atoms with Crippen molar-refractivity contribution in [2.75, 3.05) is 0 Å². The van der Waals surface area contributed by atoms with Gasteiger partial charge in [-0.25, -0.2) is 0 Å². The Morgan fingerprint density at radius 3 is 2.27 bits per heavy atom. The zero-order chi connectivity index (χ0) is 37.4. The Kier molecular flexibility index (Phi) is 8.57. The smallest absolute Gasteiger partial charge is 0.0568 e. The Morgan fingerprint density at radius 1 is 0.679 bits per heavy atom.